The van der Waals surface area contributed by atoms with Crippen molar-refractivity contribution in [1.82, 2.24) is 10.6 Å². The molecule has 0 heterocycles. The molecule has 0 amide bonds. The molecule has 0 atom stereocenters. The minimum absolute atomic E-state index is 0.620. The molecule has 0 bridgehead atoms. The van der Waals surface area contributed by atoms with Crippen molar-refractivity contribution in [2.24, 2.45) is 4.99 Å². The molecule has 0 aromatic rings. The normalized spacial score (nSPS) is 10.9. The number of nitrogens with one attached hydrogen (secondary N) is 2. The van der Waals surface area contributed by atoms with Crippen LogP contribution in [0.1, 0.15) is 52.4 Å². The zero-order valence-electron chi connectivity index (χ0n) is 10.6. The Kier molecular flexibility index (Phi) is 10.9. The molecule has 0 unspecified atom stereocenters. The van der Waals surface area contributed by atoms with E-state index in [1.54, 1.807) is 0 Å². The Labute approximate surface area is 99.1 Å². The predicted molar refractivity (Wildman–Crippen MR) is 68.1 cm³/mol. The third kappa shape index (κ3) is 9.32. The van der Waals surface area contributed by atoms with Crippen molar-refractivity contribution in [2.45, 2.75) is 52.4 Å². The molecule has 16 heavy (non-hydrogen) atoms. The molecular weight excluding hydrogens is 200 g/mol. The summed E-state index contributed by atoms with van der Waals surface area (Å²) in [6, 6.07) is 0. The van der Waals surface area contributed by atoms with Crippen molar-refractivity contribution in [3.63, 3.8) is 0 Å². The van der Waals surface area contributed by atoms with Gasteiger partial charge in [0, 0.05) is 13.1 Å². The van der Waals surface area contributed by atoms with Crippen LogP contribution in [0, 0.1) is 11.5 Å². The Hall–Kier alpha value is -1.24. The monoisotopic (exact) mass is 224 g/mol. The fourth-order valence-electron chi connectivity index (χ4n) is 1.33. The van der Waals surface area contributed by atoms with Gasteiger partial charge in [0.15, 0.2) is 6.19 Å². The molecule has 0 aliphatic heterocycles. The van der Waals surface area contributed by atoms with Gasteiger partial charge in [-0.3, -0.25) is 10.3 Å². The highest BCUT2D eigenvalue weighted by Crippen LogP contribution is 1.94. The summed E-state index contributed by atoms with van der Waals surface area (Å²) in [5, 5.41) is 14.3. The molecule has 0 aromatic heterocycles. The largest absolute Gasteiger partial charge is 0.356 e. The minimum atomic E-state index is 0.620. The molecule has 4 nitrogen and oxygen atoms in total. The Balaban J connectivity index is 3.73. The van der Waals surface area contributed by atoms with Crippen LogP contribution in [0.2, 0.25) is 0 Å². The number of guanidine groups is 1. The van der Waals surface area contributed by atoms with Crippen molar-refractivity contribution in [2.75, 3.05) is 13.1 Å². The van der Waals surface area contributed by atoms with Crippen molar-refractivity contribution in [3.8, 4) is 6.19 Å². The third-order valence-corrected chi connectivity index (χ3v) is 2.28. The number of hydrogen-bond acceptors (Lipinski definition) is 2. The summed E-state index contributed by atoms with van der Waals surface area (Å²) in [4.78, 5) is 4.32. The average molecular weight is 224 g/mol. The van der Waals surface area contributed by atoms with Crippen LogP contribution in [-0.2, 0) is 0 Å². The second kappa shape index (κ2) is 11.8. The van der Waals surface area contributed by atoms with Crippen LogP contribution in [0.5, 0.6) is 0 Å². The first kappa shape index (κ1) is 14.8. The lowest BCUT2D eigenvalue weighted by atomic mass is 10.2. The Morgan fingerprint density at radius 3 is 2.44 bits per heavy atom. The van der Waals surface area contributed by atoms with E-state index in [0.717, 1.165) is 25.9 Å². The minimum Gasteiger partial charge on any atom is -0.356 e. The molecule has 0 saturated carbocycles. The number of hydrogen-bond donors (Lipinski definition) is 2. The Morgan fingerprint density at radius 2 is 1.81 bits per heavy atom. The molecular formula is C12H24N4. The number of unbranched alkanes of at least 4 members (excludes halogenated alkanes) is 4. The molecule has 0 aliphatic carbocycles. The SMILES string of the molecule is CCCCCN=C(NC#N)NCCCCC. The first-order chi connectivity index (χ1) is 7.85. The second-order valence-electron chi connectivity index (χ2n) is 3.81. The van der Waals surface area contributed by atoms with Crippen LogP contribution >= 0.6 is 0 Å². The van der Waals surface area contributed by atoms with Crippen LogP contribution in [0.25, 0.3) is 0 Å². The lowest BCUT2D eigenvalue weighted by Gasteiger charge is -2.07. The van der Waals surface area contributed by atoms with Gasteiger partial charge in [0.2, 0.25) is 5.96 Å². The number of nitriles is 1. The van der Waals surface area contributed by atoms with Gasteiger partial charge in [0.25, 0.3) is 0 Å². The van der Waals surface area contributed by atoms with Crippen molar-refractivity contribution < 1.29 is 0 Å². The van der Waals surface area contributed by atoms with Crippen molar-refractivity contribution in [3.05, 3.63) is 0 Å². The van der Waals surface area contributed by atoms with Gasteiger partial charge >= 0.3 is 0 Å². The first-order valence-corrected chi connectivity index (χ1v) is 6.28. The number of rotatable bonds is 8. The van der Waals surface area contributed by atoms with Gasteiger partial charge in [-0.15, -0.1) is 0 Å². The highest BCUT2D eigenvalue weighted by molar-refractivity contribution is 5.81. The quantitative estimate of drug-likeness (QED) is 0.219. The van der Waals surface area contributed by atoms with Crippen LogP contribution < -0.4 is 10.6 Å². The maximum absolute atomic E-state index is 8.56. The van der Waals surface area contributed by atoms with Gasteiger partial charge in [-0.05, 0) is 12.8 Å². The van der Waals surface area contributed by atoms with Gasteiger partial charge in [0.05, 0.1) is 0 Å². The summed E-state index contributed by atoms with van der Waals surface area (Å²) >= 11 is 0. The smallest absolute Gasteiger partial charge is 0.204 e. The molecule has 2 N–H and O–H groups in total. The lowest BCUT2D eigenvalue weighted by molar-refractivity contribution is 0.684. The van der Waals surface area contributed by atoms with E-state index in [4.69, 9.17) is 5.26 Å². The lowest BCUT2D eigenvalue weighted by Crippen LogP contribution is -2.35. The molecule has 0 fully saturated rings. The molecule has 4 heteroatoms. The fourth-order valence-corrected chi connectivity index (χ4v) is 1.33. The van der Waals surface area contributed by atoms with E-state index in [2.05, 4.69) is 29.5 Å². The van der Waals surface area contributed by atoms with E-state index in [1.807, 2.05) is 6.19 Å². The van der Waals surface area contributed by atoms with Gasteiger partial charge in [0.1, 0.15) is 0 Å². The van der Waals surface area contributed by atoms with Gasteiger partial charge < -0.3 is 5.32 Å². The summed E-state index contributed by atoms with van der Waals surface area (Å²) in [7, 11) is 0. The summed E-state index contributed by atoms with van der Waals surface area (Å²) in [5.41, 5.74) is 0. The van der Waals surface area contributed by atoms with E-state index in [-0.39, 0.29) is 0 Å². The molecule has 0 spiro atoms. The average Bonchev–Trinajstić information content (AvgIpc) is 2.30. The van der Waals surface area contributed by atoms with Crippen LogP contribution in [0.3, 0.4) is 0 Å². The summed E-state index contributed by atoms with van der Waals surface area (Å²) < 4.78 is 0. The number of nitrogens with zero attached hydrogens (tertiary/aromatic N) is 2. The zero-order valence-corrected chi connectivity index (χ0v) is 10.6. The molecule has 0 saturated heterocycles. The highest BCUT2D eigenvalue weighted by Gasteiger charge is 1.95. The van der Waals surface area contributed by atoms with Crippen molar-refractivity contribution in [1.29, 1.82) is 5.26 Å². The maximum Gasteiger partial charge on any atom is 0.204 e. The summed E-state index contributed by atoms with van der Waals surface area (Å²) in [6.07, 6.45) is 8.92. The molecule has 0 rings (SSSR count). The second-order valence-corrected chi connectivity index (χ2v) is 3.81. The van der Waals surface area contributed by atoms with E-state index < -0.39 is 0 Å². The van der Waals surface area contributed by atoms with E-state index in [9.17, 15) is 0 Å². The maximum atomic E-state index is 8.56. The van der Waals surface area contributed by atoms with E-state index >= 15 is 0 Å². The van der Waals surface area contributed by atoms with E-state index in [0.29, 0.717) is 5.96 Å². The first-order valence-electron chi connectivity index (χ1n) is 6.28. The van der Waals surface area contributed by atoms with Crippen molar-refractivity contribution >= 4 is 5.96 Å². The summed E-state index contributed by atoms with van der Waals surface area (Å²) in [5.74, 6) is 0.620. The van der Waals surface area contributed by atoms with Crippen LogP contribution in [0.15, 0.2) is 4.99 Å². The zero-order chi connectivity index (χ0) is 12.1. The Morgan fingerprint density at radius 1 is 1.12 bits per heavy atom. The van der Waals surface area contributed by atoms with Gasteiger partial charge in [-0.25, -0.2) is 0 Å². The third-order valence-electron chi connectivity index (χ3n) is 2.28. The van der Waals surface area contributed by atoms with E-state index in [1.165, 1.54) is 25.7 Å². The predicted octanol–water partition coefficient (Wildman–Crippen LogP) is 2.38. The van der Waals surface area contributed by atoms with Crippen LogP contribution in [0.4, 0.5) is 0 Å². The standard InChI is InChI=1S/C12H24N4/c1-3-5-7-9-14-12(16-11-13)15-10-8-6-4-2/h3-10H2,1-2H3,(H2,14,15,16). The molecule has 0 radical (unpaired) electrons. The number of aliphatic imine (C=N–C) groups is 1. The summed E-state index contributed by atoms with van der Waals surface area (Å²) in [6.45, 7) is 6.02. The highest BCUT2D eigenvalue weighted by atomic mass is 15.2. The van der Waals surface area contributed by atoms with Gasteiger partial charge in [-0.2, -0.15) is 5.26 Å². The topological polar surface area (TPSA) is 60.2 Å². The van der Waals surface area contributed by atoms with Gasteiger partial charge in [-0.1, -0.05) is 39.5 Å². The molecule has 0 aliphatic rings. The molecule has 92 valence electrons. The molecule has 0 aromatic carbocycles. The Bertz CT molecular complexity index is 218. The van der Waals surface area contributed by atoms with Crippen LogP contribution in [-0.4, -0.2) is 19.0 Å². The fraction of sp³-hybridized carbons (Fsp3) is 0.833.